The van der Waals surface area contributed by atoms with Crippen molar-refractivity contribution in [2.45, 2.75) is 0 Å². The van der Waals surface area contributed by atoms with E-state index in [-0.39, 0.29) is 17.2 Å². The molecule has 0 aliphatic carbocycles. The number of allylic oxidation sites excluding steroid dienone is 1. The highest BCUT2D eigenvalue weighted by Crippen LogP contribution is 2.30. The number of fused-ring (bicyclic) bond motifs is 1. The zero-order valence-electron chi connectivity index (χ0n) is 12.8. The number of hydrogen-bond donors (Lipinski definition) is 3. The molecule has 5 heteroatoms. The van der Waals surface area contributed by atoms with E-state index in [0.717, 1.165) is 16.8 Å². The van der Waals surface area contributed by atoms with Crippen molar-refractivity contribution < 1.29 is 4.79 Å². The summed E-state index contributed by atoms with van der Waals surface area (Å²) in [6.45, 7) is 0.560. The number of carbonyl (C=O) groups excluding carboxylic acids is 1. The Bertz CT molecular complexity index is 866. The molecule has 24 heavy (non-hydrogen) atoms. The number of Topliss-reactive ketones (excluding diaryl/α,β-unsaturated/α-hetero) is 1. The monoisotopic (exact) mass is 337 g/mol. The second-order valence-electron chi connectivity index (χ2n) is 5.40. The molecule has 0 saturated heterocycles. The number of nitrogens with two attached hydrogens (primary N) is 1. The molecule has 3 rings (SSSR count). The summed E-state index contributed by atoms with van der Waals surface area (Å²) in [4.78, 5) is 13.0. The Balaban J connectivity index is 2.01. The van der Waals surface area contributed by atoms with Crippen LogP contribution in [0.1, 0.15) is 11.1 Å². The summed E-state index contributed by atoms with van der Waals surface area (Å²) < 4.78 is 0. The zero-order valence-corrected chi connectivity index (χ0v) is 13.6. The number of rotatable bonds is 4. The Hall–Kier alpha value is -2.85. The van der Waals surface area contributed by atoms with Crippen LogP contribution in [0.5, 0.6) is 0 Å². The Morgan fingerprint density at radius 3 is 2.58 bits per heavy atom. The van der Waals surface area contributed by atoms with Gasteiger partial charge in [0, 0.05) is 28.4 Å². The number of carbonyl (C=O) groups is 1. The first-order valence-corrected chi connectivity index (χ1v) is 7.84. The molecule has 0 unspecified atom stereocenters. The highest BCUT2D eigenvalue weighted by molar-refractivity contribution is 6.40. The van der Waals surface area contributed by atoms with Crippen LogP contribution in [0.2, 0.25) is 5.02 Å². The zero-order chi connectivity index (χ0) is 17.1. The van der Waals surface area contributed by atoms with Gasteiger partial charge in [-0.2, -0.15) is 0 Å². The number of benzene rings is 2. The first-order chi connectivity index (χ1) is 11.6. The lowest BCUT2D eigenvalue weighted by Crippen LogP contribution is -2.22. The first-order valence-electron chi connectivity index (χ1n) is 7.46. The fourth-order valence-corrected chi connectivity index (χ4v) is 2.72. The third-order valence-electron chi connectivity index (χ3n) is 3.78. The van der Waals surface area contributed by atoms with Crippen LogP contribution in [-0.2, 0) is 4.79 Å². The van der Waals surface area contributed by atoms with Crippen LogP contribution in [0.25, 0.3) is 11.6 Å². The van der Waals surface area contributed by atoms with Gasteiger partial charge in [-0.15, -0.1) is 0 Å². The Morgan fingerprint density at radius 1 is 1.17 bits per heavy atom. The molecule has 2 aromatic carbocycles. The SMILES string of the molecule is N=C(N)/C(=C\c1ccc(Cl)cc1)C(=O)C1=CCNc2ccccc21. The minimum Gasteiger partial charge on any atom is -0.384 e. The summed E-state index contributed by atoms with van der Waals surface area (Å²) in [6, 6.07) is 14.6. The molecule has 120 valence electrons. The van der Waals surface area contributed by atoms with E-state index in [2.05, 4.69) is 5.32 Å². The van der Waals surface area contributed by atoms with Gasteiger partial charge in [-0.25, -0.2) is 0 Å². The number of para-hydroxylation sites is 1. The molecular weight excluding hydrogens is 322 g/mol. The summed E-state index contributed by atoms with van der Waals surface area (Å²) >= 11 is 5.88. The van der Waals surface area contributed by atoms with E-state index >= 15 is 0 Å². The molecule has 0 saturated carbocycles. The standard InChI is InChI=1S/C19H16ClN3O/c20-13-7-5-12(6-8-13)11-16(19(21)22)18(24)15-9-10-23-17-4-2-1-3-14(15)17/h1-9,11,23H,10H2,(H3,21,22)/b16-11-. The molecule has 1 aliphatic heterocycles. The van der Waals surface area contributed by atoms with Crippen molar-refractivity contribution in [3.05, 3.63) is 76.3 Å². The lowest BCUT2D eigenvalue weighted by atomic mass is 9.92. The third-order valence-corrected chi connectivity index (χ3v) is 4.03. The van der Waals surface area contributed by atoms with Crippen LogP contribution in [0.3, 0.4) is 0 Å². The first kappa shape index (κ1) is 16.0. The number of nitrogens with one attached hydrogen (secondary N) is 2. The van der Waals surface area contributed by atoms with Gasteiger partial charge in [0.2, 0.25) is 0 Å². The molecule has 0 aromatic heterocycles. The molecule has 0 atom stereocenters. The van der Waals surface area contributed by atoms with Crippen LogP contribution in [-0.4, -0.2) is 18.2 Å². The van der Waals surface area contributed by atoms with Crippen molar-refractivity contribution in [2.75, 3.05) is 11.9 Å². The fourth-order valence-electron chi connectivity index (χ4n) is 2.60. The van der Waals surface area contributed by atoms with Gasteiger partial charge in [-0.05, 0) is 29.8 Å². The molecule has 0 radical (unpaired) electrons. The normalized spacial score (nSPS) is 13.5. The van der Waals surface area contributed by atoms with E-state index in [4.69, 9.17) is 22.7 Å². The maximum absolute atomic E-state index is 13.0. The highest BCUT2D eigenvalue weighted by Gasteiger charge is 2.22. The van der Waals surface area contributed by atoms with Gasteiger partial charge in [0.25, 0.3) is 0 Å². The highest BCUT2D eigenvalue weighted by atomic mass is 35.5. The maximum atomic E-state index is 13.0. The molecule has 0 amide bonds. The average molecular weight is 338 g/mol. The van der Waals surface area contributed by atoms with Gasteiger partial charge in [-0.3, -0.25) is 10.2 Å². The third kappa shape index (κ3) is 3.24. The van der Waals surface area contributed by atoms with Crippen molar-refractivity contribution in [1.29, 1.82) is 5.41 Å². The Kier molecular flexibility index (Phi) is 4.49. The quantitative estimate of drug-likeness (QED) is 0.452. The van der Waals surface area contributed by atoms with E-state index in [9.17, 15) is 4.79 Å². The molecule has 0 bridgehead atoms. The van der Waals surface area contributed by atoms with Crippen molar-refractivity contribution in [3.8, 4) is 0 Å². The van der Waals surface area contributed by atoms with Gasteiger partial charge in [0.15, 0.2) is 5.78 Å². The molecule has 1 heterocycles. The molecule has 4 N–H and O–H groups in total. The van der Waals surface area contributed by atoms with Crippen LogP contribution >= 0.6 is 11.6 Å². The molecule has 1 aliphatic rings. The summed E-state index contributed by atoms with van der Waals surface area (Å²) in [6.07, 6.45) is 3.44. The predicted octanol–water partition coefficient (Wildman–Crippen LogP) is 3.74. The maximum Gasteiger partial charge on any atom is 0.197 e. The van der Waals surface area contributed by atoms with Gasteiger partial charge < -0.3 is 11.1 Å². The molecular formula is C19H16ClN3O. The summed E-state index contributed by atoms with van der Waals surface area (Å²) in [5.74, 6) is -0.515. The van der Waals surface area contributed by atoms with Crippen LogP contribution < -0.4 is 11.1 Å². The van der Waals surface area contributed by atoms with Crippen LogP contribution in [0, 0.1) is 5.41 Å². The number of ketones is 1. The van der Waals surface area contributed by atoms with Gasteiger partial charge in [0.05, 0.1) is 5.57 Å². The van der Waals surface area contributed by atoms with E-state index in [1.54, 1.807) is 30.3 Å². The second kappa shape index (κ2) is 6.72. The van der Waals surface area contributed by atoms with E-state index < -0.39 is 0 Å². The van der Waals surface area contributed by atoms with Gasteiger partial charge in [-0.1, -0.05) is 48.0 Å². The van der Waals surface area contributed by atoms with Gasteiger partial charge >= 0.3 is 0 Å². The predicted molar refractivity (Wildman–Crippen MR) is 99.3 cm³/mol. The van der Waals surface area contributed by atoms with Crippen molar-refractivity contribution in [1.82, 2.24) is 0 Å². The molecule has 2 aromatic rings. The van der Waals surface area contributed by atoms with E-state index in [0.29, 0.717) is 17.1 Å². The fraction of sp³-hybridized carbons (Fsp3) is 0.0526. The Labute approximate surface area is 145 Å². The second-order valence-corrected chi connectivity index (χ2v) is 5.83. The van der Waals surface area contributed by atoms with Gasteiger partial charge in [0.1, 0.15) is 5.84 Å². The van der Waals surface area contributed by atoms with Crippen LogP contribution in [0.4, 0.5) is 5.69 Å². The summed E-state index contributed by atoms with van der Waals surface area (Å²) in [7, 11) is 0. The lowest BCUT2D eigenvalue weighted by molar-refractivity contribution is -0.110. The van der Waals surface area contributed by atoms with Crippen LogP contribution in [0.15, 0.2) is 60.2 Å². The smallest absolute Gasteiger partial charge is 0.197 e. The summed E-state index contributed by atoms with van der Waals surface area (Å²) in [5.41, 5.74) is 8.87. The van der Waals surface area contributed by atoms with Crippen molar-refractivity contribution in [2.24, 2.45) is 5.73 Å². The minimum absolute atomic E-state index is 0.167. The molecule has 0 spiro atoms. The Morgan fingerprint density at radius 2 is 1.88 bits per heavy atom. The summed E-state index contributed by atoms with van der Waals surface area (Å²) in [5, 5.41) is 11.6. The number of halogens is 1. The largest absolute Gasteiger partial charge is 0.384 e. The molecule has 4 nitrogen and oxygen atoms in total. The number of amidine groups is 1. The van der Waals surface area contributed by atoms with Crippen molar-refractivity contribution in [3.63, 3.8) is 0 Å². The molecule has 0 fully saturated rings. The van der Waals surface area contributed by atoms with E-state index in [1.807, 2.05) is 30.3 Å². The average Bonchev–Trinajstić information content (AvgIpc) is 2.60. The number of anilines is 1. The lowest BCUT2D eigenvalue weighted by Gasteiger charge is -2.19. The minimum atomic E-state index is -0.258. The van der Waals surface area contributed by atoms with E-state index in [1.165, 1.54) is 0 Å². The topological polar surface area (TPSA) is 79.0 Å². The number of hydrogen-bond acceptors (Lipinski definition) is 3. The van der Waals surface area contributed by atoms with Crippen molar-refractivity contribution >= 4 is 40.6 Å².